The van der Waals surface area contributed by atoms with Gasteiger partial charge in [0.1, 0.15) is 3.70 Å². The minimum absolute atomic E-state index is 0.517. The second-order valence-corrected chi connectivity index (χ2v) is 7.91. The Morgan fingerprint density at radius 2 is 1.90 bits per heavy atom. The lowest BCUT2D eigenvalue weighted by atomic mass is 10.2. The molecule has 0 bridgehead atoms. The third-order valence-electron chi connectivity index (χ3n) is 5.01. The number of nitrogens with zero attached hydrogens (tertiary/aromatic N) is 6. The molecule has 0 unspecified atom stereocenters. The lowest BCUT2D eigenvalue weighted by Gasteiger charge is -2.34. The molecule has 1 saturated heterocycles. The molecule has 1 amide bonds. The standard InChI is InChI=1S/C20H22IN7O2/c1-2-28-13-16(18(21)25-28)17-7-8-22-19(24-17)23-14-3-5-15(6-4-14)26-9-11-27(12-10-26)20(29)30/h3-8,13H,2,9-12H2,1H3,(H,29,30)(H,22,23,24). The van der Waals surface area contributed by atoms with Gasteiger partial charge in [-0.3, -0.25) is 4.68 Å². The predicted octanol–water partition coefficient (Wildman–Crippen LogP) is 3.51. The molecule has 0 spiro atoms. The van der Waals surface area contributed by atoms with Crippen molar-refractivity contribution in [2.45, 2.75) is 13.5 Å². The molecule has 1 aliphatic rings. The molecule has 3 aromatic rings. The van der Waals surface area contributed by atoms with E-state index < -0.39 is 6.09 Å². The normalized spacial score (nSPS) is 14.1. The Labute approximate surface area is 187 Å². The maximum Gasteiger partial charge on any atom is 0.407 e. The van der Waals surface area contributed by atoms with E-state index in [0.717, 1.165) is 32.9 Å². The van der Waals surface area contributed by atoms with Crippen molar-refractivity contribution in [3.05, 3.63) is 46.4 Å². The van der Waals surface area contributed by atoms with Crippen molar-refractivity contribution in [1.29, 1.82) is 0 Å². The van der Waals surface area contributed by atoms with E-state index >= 15 is 0 Å². The molecule has 30 heavy (non-hydrogen) atoms. The van der Waals surface area contributed by atoms with Crippen molar-refractivity contribution in [1.82, 2.24) is 24.6 Å². The van der Waals surface area contributed by atoms with Crippen molar-refractivity contribution in [3.63, 3.8) is 0 Å². The molecule has 1 aliphatic heterocycles. The van der Waals surface area contributed by atoms with Gasteiger partial charge in [0.2, 0.25) is 5.95 Å². The topological polar surface area (TPSA) is 99.4 Å². The van der Waals surface area contributed by atoms with Crippen LogP contribution in [0.25, 0.3) is 11.3 Å². The summed E-state index contributed by atoms with van der Waals surface area (Å²) in [6, 6.07) is 9.89. The molecule has 10 heteroatoms. The zero-order valence-electron chi connectivity index (χ0n) is 16.5. The Morgan fingerprint density at radius 3 is 2.53 bits per heavy atom. The van der Waals surface area contributed by atoms with Crippen LogP contribution in [0.5, 0.6) is 0 Å². The molecule has 1 fully saturated rings. The van der Waals surface area contributed by atoms with E-state index in [1.54, 1.807) is 6.20 Å². The summed E-state index contributed by atoms with van der Waals surface area (Å²) in [5.41, 5.74) is 3.77. The molecule has 156 valence electrons. The first-order valence-corrected chi connectivity index (χ1v) is 10.8. The Balaban J connectivity index is 1.44. The summed E-state index contributed by atoms with van der Waals surface area (Å²) >= 11 is 2.22. The second-order valence-electron chi connectivity index (χ2n) is 6.88. The Hall–Kier alpha value is -2.89. The number of aryl methyl sites for hydroxylation is 1. The van der Waals surface area contributed by atoms with Gasteiger partial charge in [0.25, 0.3) is 0 Å². The maximum atomic E-state index is 11.0. The van der Waals surface area contributed by atoms with Crippen molar-refractivity contribution in [3.8, 4) is 11.3 Å². The van der Waals surface area contributed by atoms with E-state index in [0.29, 0.717) is 32.1 Å². The Kier molecular flexibility index (Phi) is 6.02. The van der Waals surface area contributed by atoms with Crippen molar-refractivity contribution in [2.24, 2.45) is 0 Å². The molecular weight excluding hydrogens is 497 g/mol. The number of rotatable bonds is 5. The number of nitrogens with one attached hydrogen (secondary N) is 1. The molecule has 0 atom stereocenters. The molecular formula is C20H22IN7O2. The molecule has 0 radical (unpaired) electrons. The first-order chi connectivity index (χ1) is 14.5. The van der Waals surface area contributed by atoms with Gasteiger partial charge in [-0.15, -0.1) is 0 Å². The van der Waals surface area contributed by atoms with Crippen LogP contribution in [0.4, 0.5) is 22.1 Å². The van der Waals surface area contributed by atoms with Gasteiger partial charge in [-0.25, -0.2) is 14.8 Å². The average Bonchev–Trinajstić information content (AvgIpc) is 3.15. The van der Waals surface area contributed by atoms with Gasteiger partial charge >= 0.3 is 6.09 Å². The van der Waals surface area contributed by atoms with Crippen LogP contribution < -0.4 is 10.2 Å². The Morgan fingerprint density at radius 1 is 1.17 bits per heavy atom. The highest BCUT2D eigenvalue weighted by Crippen LogP contribution is 2.25. The van der Waals surface area contributed by atoms with Crippen LogP contribution in [0, 0.1) is 3.70 Å². The quantitative estimate of drug-likeness (QED) is 0.498. The molecule has 0 aliphatic carbocycles. The second kappa shape index (κ2) is 8.86. The first-order valence-electron chi connectivity index (χ1n) is 9.70. The van der Waals surface area contributed by atoms with E-state index in [9.17, 15) is 4.79 Å². The number of hydrogen-bond acceptors (Lipinski definition) is 6. The summed E-state index contributed by atoms with van der Waals surface area (Å²) in [7, 11) is 0. The van der Waals surface area contributed by atoms with Gasteiger partial charge in [0.05, 0.1) is 11.3 Å². The highest BCUT2D eigenvalue weighted by atomic mass is 127. The number of carboxylic acid groups (broad SMARTS) is 1. The molecule has 1 aromatic carbocycles. The van der Waals surface area contributed by atoms with Crippen LogP contribution >= 0.6 is 22.6 Å². The molecule has 2 aromatic heterocycles. The van der Waals surface area contributed by atoms with Gasteiger partial charge in [0, 0.05) is 56.5 Å². The summed E-state index contributed by atoms with van der Waals surface area (Å²) in [6.07, 6.45) is 2.88. The monoisotopic (exact) mass is 519 g/mol. The molecule has 4 rings (SSSR count). The van der Waals surface area contributed by atoms with E-state index in [4.69, 9.17) is 5.11 Å². The fourth-order valence-electron chi connectivity index (χ4n) is 3.34. The van der Waals surface area contributed by atoms with Crippen LogP contribution in [-0.4, -0.2) is 62.0 Å². The van der Waals surface area contributed by atoms with Gasteiger partial charge in [0.15, 0.2) is 0 Å². The lowest BCUT2D eigenvalue weighted by molar-refractivity contribution is 0.142. The smallest absolute Gasteiger partial charge is 0.407 e. The highest BCUT2D eigenvalue weighted by Gasteiger charge is 2.20. The van der Waals surface area contributed by atoms with Crippen molar-refractivity contribution < 1.29 is 9.90 Å². The maximum absolute atomic E-state index is 11.0. The van der Waals surface area contributed by atoms with Crippen molar-refractivity contribution in [2.75, 3.05) is 36.4 Å². The molecule has 9 nitrogen and oxygen atoms in total. The lowest BCUT2D eigenvalue weighted by Crippen LogP contribution is -2.48. The highest BCUT2D eigenvalue weighted by molar-refractivity contribution is 14.1. The number of aromatic nitrogens is 4. The number of carbonyl (C=O) groups is 1. The van der Waals surface area contributed by atoms with Crippen LogP contribution in [-0.2, 0) is 6.54 Å². The minimum Gasteiger partial charge on any atom is -0.465 e. The van der Waals surface area contributed by atoms with Crippen molar-refractivity contribution >= 4 is 46.0 Å². The summed E-state index contributed by atoms with van der Waals surface area (Å²) in [5, 5.41) is 16.8. The minimum atomic E-state index is -0.854. The van der Waals surface area contributed by atoms with Gasteiger partial charge in [-0.05, 0) is 59.8 Å². The fraction of sp³-hybridized carbons (Fsp3) is 0.300. The molecule has 3 heterocycles. The van der Waals surface area contributed by atoms with Gasteiger partial charge in [-0.1, -0.05) is 0 Å². The summed E-state index contributed by atoms with van der Waals surface area (Å²) in [6.45, 7) is 5.27. The summed E-state index contributed by atoms with van der Waals surface area (Å²) in [5.74, 6) is 0.523. The number of piperazine rings is 1. The predicted molar refractivity (Wildman–Crippen MR) is 123 cm³/mol. The fourth-order valence-corrected chi connectivity index (χ4v) is 4.03. The first kappa shape index (κ1) is 20.4. The summed E-state index contributed by atoms with van der Waals surface area (Å²) in [4.78, 5) is 23.6. The van der Waals surface area contributed by atoms with E-state index in [1.807, 2.05) is 41.2 Å². The zero-order valence-corrected chi connectivity index (χ0v) is 18.7. The van der Waals surface area contributed by atoms with Crippen LogP contribution in [0.2, 0.25) is 0 Å². The average molecular weight is 519 g/mol. The third kappa shape index (κ3) is 4.48. The summed E-state index contributed by atoms with van der Waals surface area (Å²) < 4.78 is 2.80. The number of halogens is 1. The van der Waals surface area contributed by atoms with E-state index in [-0.39, 0.29) is 0 Å². The van der Waals surface area contributed by atoms with Crippen LogP contribution in [0.15, 0.2) is 42.7 Å². The van der Waals surface area contributed by atoms with Crippen LogP contribution in [0.1, 0.15) is 6.92 Å². The number of benzene rings is 1. The zero-order chi connectivity index (χ0) is 21.1. The number of hydrogen-bond donors (Lipinski definition) is 2. The van der Waals surface area contributed by atoms with Gasteiger partial charge in [-0.2, -0.15) is 5.10 Å². The Bertz CT molecular complexity index is 1030. The van der Waals surface area contributed by atoms with Gasteiger partial charge < -0.3 is 20.2 Å². The SMILES string of the molecule is CCn1cc(-c2ccnc(Nc3ccc(N4CCN(C(=O)O)CC4)cc3)n2)c(I)n1. The van der Waals surface area contributed by atoms with Crippen LogP contribution in [0.3, 0.4) is 0 Å². The van der Waals surface area contributed by atoms with E-state index in [1.165, 1.54) is 4.90 Å². The number of amides is 1. The molecule has 0 saturated carbocycles. The largest absolute Gasteiger partial charge is 0.465 e. The number of anilines is 3. The third-order valence-corrected chi connectivity index (χ3v) is 5.81. The molecule has 2 N–H and O–H groups in total. The van der Waals surface area contributed by atoms with E-state index in [2.05, 4.69) is 54.8 Å².